The largest absolute Gasteiger partial charge is 0.481 e. The average Bonchev–Trinajstić information content (AvgIpc) is 3.57. The molecule has 0 amide bonds. The number of esters is 2. The van der Waals surface area contributed by atoms with Crippen LogP contribution in [0.3, 0.4) is 0 Å². The van der Waals surface area contributed by atoms with E-state index >= 15 is 0 Å². The SMILES string of the molecule is CCCCCCCCCCCCCCCC=CCC(CC(=O)O)C(=O)OCCCCCCCCCCCCCCCCCC.CCCCCCCCCCCCCCCC=CCC(CC(=O)O)C(=O)OCCCCCCCCCCCCCCCCCC.[Ca]. The second-order valence-electron chi connectivity index (χ2n) is 27.0. The maximum Gasteiger partial charge on any atom is 0.309 e. The maximum atomic E-state index is 12.5. The van der Waals surface area contributed by atoms with Crippen molar-refractivity contribution in [2.45, 2.75) is 439 Å². The van der Waals surface area contributed by atoms with Crippen molar-refractivity contribution in [1.82, 2.24) is 0 Å². The fourth-order valence-electron chi connectivity index (χ4n) is 12.1. The van der Waals surface area contributed by atoms with Gasteiger partial charge in [0.15, 0.2) is 0 Å². The van der Waals surface area contributed by atoms with Crippen LogP contribution in [0.25, 0.3) is 0 Å². The minimum atomic E-state index is -0.931. The number of carboxylic acid groups (broad SMARTS) is 2. The second-order valence-corrected chi connectivity index (χ2v) is 27.0. The smallest absolute Gasteiger partial charge is 0.309 e. The van der Waals surface area contributed by atoms with Crippen molar-refractivity contribution in [3.05, 3.63) is 24.3 Å². The van der Waals surface area contributed by atoms with Gasteiger partial charge in [-0.1, -0.05) is 399 Å². The van der Waals surface area contributed by atoms with E-state index in [9.17, 15) is 29.4 Å². The van der Waals surface area contributed by atoms with Gasteiger partial charge in [-0.2, -0.15) is 0 Å². The molecular formula is C80H152CaO8. The number of carboxylic acids is 2. The summed E-state index contributed by atoms with van der Waals surface area (Å²) in [6.45, 7) is 9.93. The molecule has 0 aliphatic carbocycles. The van der Waals surface area contributed by atoms with Crippen LogP contribution >= 0.6 is 0 Å². The Morgan fingerprint density at radius 1 is 0.258 bits per heavy atom. The van der Waals surface area contributed by atoms with Gasteiger partial charge in [0.1, 0.15) is 0 Å². The molecule has 0 saturated carbocycles. The van der Waals surface area contributed by atoms with Gasteiger partial charge in [0.05, 0.1) is 37.9 Å². The molecule has 522 valence electrons. The topological polar surface area (TPSA) is 127 Å². The van der Waals surface area contributed by atoms with Gasteiger partial charge in [0.2, 0.25) is 0 Å². The standard InChI is InChI=1S/2C40H76O4.Ca/c2*1-3-5-7-9-11-13-15-17-19-21-23-25-27-29-31-33-35-38(37-39(41)42)40(43)44-36-34-32-30-28-26-24-22-20-18-16-14-12-10-8-6-4-2;/h2*31,33,38H,3-30,32,34-37H2,1-2H3,(H,41,42);. The van der Waals surface area contributed by atoms with E-state index in [1.807, 2.05) is 12.2 Å². The number of unbranched alkanes of at least 4 members (excludes halogenated alkanes) is 56. The monoisotopic (exact) mass is 1280 g/mol. The summed E-state index contributed by atoms with van der Waals surface area (Å²) in [7, 11) is 0. The Morgan fingerprint density at radius 2 is 0.427 bits per heavy atom. The maximum absolute atomic E-state index is 12.5. The predicted octanol–water partition coefficient (Wildman–Crippen LogP) is 26.2. The van der Waals surface area contributed by atoms with Crippen LogP contribution in [0.1, 0.15) is 439 Å². The number of hydrogen-bond donors (Lipinski definition) is 2. The molecule has 89 heavy (non-hydrogen) atoms. The molecular weight excluding hydrogens is 1130 g/mol. The van der Waals surface area contributed by atoms with E-state index in [2.05, 4.69) is 39.8 Å². The third kappa shape index (κ3) is 79.0. The molecule has 0 heterocycles. The van der Waals surface area contributed by atoms with E-state index in [0.29, 0.717) is 26.1 Å². The van der Waals surface area contributed by atoms with E-state index in [1.165, 1.54) is 347 Å². The Hall–Kier alpha value is -1.38. The molecule has 2 radical (unpaired) electrons. The summed E-state index contributed by atoms with van der Waals surface area (Å²) in [5, 5.41) is 18.5. The Morgan fingerprint density at radius 3 is 0.607 bits per heavy atom. The first-order valence-corrected chi connectivity index (χ1v) is 39.3. The molecule has 0 aliphatic heterocycles. The summed E-state index contributed by atoms with van der Waals surface area (Å²) in [5.74, 6) is -3.70. The van der Waals surface area contributed by atoms with Gasteiger partial charge in [-0.15, -0.1) is 0 Å². The first-order chi connectivity index (χ1) is 43.2. The first kappa shape index (κ1) is 91.8. The molecule has 0 spiro atoms. The third-order valence-electron chi connectivity index (χ3n) is 18.1. The van der Waals surface area contributed by atoms with Crippen LogP contribution in [0.5, 0.6) is 0 Å². The van der Waals surface area contributed by atoms with Crippen LogP contribution in [0.2, 0.25) is 0 Å². The van der Waals surface area contributed by atoms with E-state index in [4.69, 9.17) is 9.47 Å². The van der Waals surface area contributed by atoms with Gasteiger partial charge in [0.25, 0.3) is 0 Å². The van der Waals surface area contributed by atoms with E-state index in [0.717, 1.165) is 38.5 Å². The van der Waals surface area contributed by atoms with Crippen molar-refractivity contribution in [2.75, 3.05) is 13.2 Å². The van der Waals surface area contributed by atoms with Crippen molar-refractivity contribution < 1.29 is 38.9 Å². The van der Waals surface area contributed by atoms with Gasteiger partial charge in [-0.05, 0) is 51.4 Å². The van der Waals surface area contributed by atoms with E-state index < -0.39 is 23.8 Å². The Kier molecular flexibility index (Phi) is 83.4. The molecule has 8 nitrogen and oxygen atoms in total. The summed E-state index contributed by atoms with van der Waals surface area (Å²) in [6.07, 6.45) is 88.1. The van der Waals surface area contributed by atoms with Crippen molar-refractivity contribution in [1.29, 1.82) is 0 Å². The van der Waals surface area contributed by atoms with Gasteiger partial charge in [-0.3, -0.25) is 19.2 Å². The molecule has 0 rings (SSSR count). The summed E-state index contributed by atoms with van der Waals surface area (Å²) in [6, 6.07) is 0. The summed E-state index contributed by atoms with van der Waals surface area (Å²) < 4.78 is 10.9. The van der Waals surface area contributed by atoms with Crippen molar-refractivity contribution in [3.8, 4) is 0 Å². The van der Waals surface area contributed by atoms with Gasteiger partial charge in [-0.25, -0.2) is 0 Å². The molecule has 0 aromatic carbocycles. The summed E-state index contributed by atoms with van der Waals surface area (Å²) >= 11 is 0. The van der Waals surface area contributed by atoms with Crippen molar-refractivity contribution in [2.24, 2.45) is 11.8 Å². The number of carbonyl (C=O) groups excluding carboxylic acids is 2. The predicted molar refractivity (Wildman–Crippen MR) is 386 cm³/mol. The normalized spacial score (nSPS) is 12.1. The molecule has 2 atom stereocenters. The minimum Gasteiger partial charge on any atom is -0.481 e. The number of aliphatic carboxylic acids is 2. The zero-order chi connectivity index (χ0) is 64.4. The molecule has 2 N–H and O–H groups in total. The molecule has 0 aliphatic rings. The van der Waals surface area contributed by atoms with Crippen LogP contribution < -0.4 is 0 Å². The minimum absolute atomic E-state index is 0. The number of allylic oxidation sites excluding steroid dienone is 4. The second kappa shape index (κ2) is 80.9. The zero-order valence-corrected chi connectivity index (χ0v) is 62.4. The van der Waals surface area contributed by atoms with Crippen LogP contribution in [0.4, 0.5) is 0 Å². The number of ether oxygens (including phenoxy) is 2. The van der Waals surface area contributed by atoms with Gasteiger partial charge >= 0.3 is 23.9 Å². The molecule has 9 heteroatoms. The molecule has 0 aromatic rings. The Balaban J connectivity index is -0.00000164. The van der Waals surface area contributed by atoms with E-state index in [1.54, 1.807) is 0 Å². The number of carbonyl (C=O) groups is 4. The molecule has 2 unspecified atom stereocenters. The average molecular weight is 1280 g/mol. The van der Waals surface area contributed by atoms with E-state index in [-0.39, 0.29) is 62.5 Å². The molecule has 0 saturated heterocycles. The zero-order valence-electron chi connectivity index (χ0n) is 60.2. The Labute approximate surface area is 584 Å². The third-order valence-corrected chi connectivity index (χ3v) is 18.1. The molecule has 0 aromatic heterocycles. The fraction of sp³-hybridized carbons (Fsp3) is 0.900. The summed E-state index contributed by atoms with van der Waals surface area (Å²) in [4.78, 5) is 47.6. The number of rotatable bonds is 72. The number of hydrogen-bond acceptors (Lipinski definition) is 6. The van der Waals surface area contributed by atoms with Crippen LogP contribution in [0, 0.1) is 11.8 Å². The van der Waals surface area contributed by atoms with Crippen molar-refractivity contribution in [3.63, 3.8) is 0 Å². The van der Waals surface area contributed by atoms with Crippen molar-refractivity contribution >= 4 is 61.6 Å². The van der Waals surface area contributed by atoms with Gasteiger partial charge in [0, 0.05) is 37.7 Å². The quantitative estimate of drug-likeness (QED) is 0.0267. The first-order valence-electron chi connectivity index (χ1n) is 39.3. The molecule has 0 fully saturated rings. The van der Waals surface area contributed by atoms with Crippen LogP contribution in [-0.2, 0) is 28.7 Å². The summed E-state index contributed by atoms with van der Waals surface area (Å²) in [5.41, 5.74) is 0. The fourth-order valence-corrected chi connectivity index (χ4v) is 12.1. The Bertz CT molecular complexity index is 1370. The van der Waals surface area contributed by atoms with Crippen LogP contribution in [-0.4, -0.2) is 85.0 Å². The van der Waals surface area contributed by atoms with Crippen LogP contribution in [0.15, 0.2) is 24.3 Å². The van der Waals surface area contributed by atoms with Gasteiger partial charge < -0.3 is 19.7 Å². The molecule has 0 bridgehead atoms.